The van der Waals surface area contributed by atoms with Gasteiger partial charge < -0.3 is 10.9 Å². The van der Waals surface area contributed by atoms with Crippen LogP contribution in [-0.4, -0.2) is 17.1 Å². The van der Waals surface area contributed by atoms with E-state index in [0.29, 0.717) is 6.54 Å². The molecule has 0 radical (unpaired) electrons. The largest absolute Gasteiger partial charge is 0.409 e. The van der Waals surface area contributed by atoms with Gasteiger partial charge in [-0.3, -0.25) is 5.32 Å². The van der Waals surface area contributed by atoms with Crippen LogP contribution in [0.1, 0.15) is 30.9 Å². The summed E-state index contributed by atoms with van der Waals surface area (Å²) in [5, 5.41) is 15.0. The Kier molecular flexibility index (Phi) is 5.75. The Labute approximate surface area is 108 Å². The van der Waals surface area contributed by atoms with E-state index in [1.807, 2.05) is 24.3 Å². The summed E-state index contributed by atoms with van der Waals surface area (Å²) in [5.74, 6) is 2.83. The highest BCUT2D eigenvalue weighted by Crippen LogP contribution is 2.09. The molecule has 0 saturated carbocycles. The number of amidine groups is 1. The molecule has 4 nitrogen and oxygen atoms in total. The molecule has 4 N–H and O–H groups in total. The smallest absolute Gasteiger partial charge is 0.170 e. The second kappa shape index (κ2) is 7.36. The van der Waals surface area contributed by atoms with E-state index in [4.69, 9.17) is 17.4 Å². The van der Waals surface area contributed by atoms with Crippen LogP contribution in [0, 0.1) is 12.3 Å². The van der Waals surface area contributed by atoms with Crippen LogP contribution in [0.25, 0.3) is 0 Å². The third kappa shape index (κ3) is 3.79. The summed E-state index contributed by atoms with van der Waals surface area (Å²) in [6.07, 6.45) is 7.41. The molecule has 1 atom stereocenters. The average Bonchev–Trinajstić information content (AvgIpc) is 2.43. The summed E-state index contributed by atoms with van der Waals surface area (Å²) in [7, 11) is 0. The van der Waals surface area contributed by atoms with Crippen molar-refractivity contribution in [3.8, 4) is 12.3 Å². The number of nitrogens with two attached hydrogens (primary N) is 1. The van der Waals surface area contributed by atoms with E-state index >= 15 is 0 Å². The fraction of sp³-hybridized carbons (Fsp3) is 0.357. The molecule has 0 aliphatic carbocycles. The Hall–Kier alpha value is -1.99. The molecular formula is C14H19N3O. The van der Waals surface area contributed by atoms with Crippen molar-refractivity contribution < 1.29 is 5.21 Å². The fourth-order valence-corrected chi connectivity index (χ4v) is 1.74. The van der Waals surface area contributed by atoms with Gasteiger partial charge in [-0.05, 0) is 12.0 Å². The Bertz CT molecular complexity index is 449. The highest BCUT2D eigenvalue weighted by molar-refractivity contribution is 5.98. The maximum absolute atomic E-state index is 8.73. The summed E-state index contributed by atoms with van der Waals surface area (Å²) in [6.45, 7) is 2.69. The van der Waals surface area contributed by atoms with Gasteiger partial charge in [-0.25, -0.2) is 0 Å². The van der Waals surface area contributed by atoms with Gasteiger partial charge in [0.1, 0.15) is 0 Å². The molecule has 0 aliphatic heterocycles. The van der Waals surface area contributed by atoms with Crippen molar-refractivity contribution in [1.82, 2.24) is 5.32 Å². The number of terminal acetylenes is 1. The van der Waals surface area contributed by atoms with E-state index in [9.17, 15) is 0 Å². The molecule has 0 heterocycles. The van der Waals surface area contributed by atoms with Crippen LogP contribution >= 0.6 is 0 Å². The van der Waals surface area contributed by atoms with Gasteiger partial charge in [0.05, 0.1) is 6.04 Å². The van der Waals surface area contributed by atoms with Crippen molar-refractivity contribution in [2.24, 2.45) is 10.9 Å². The number of hydrogen-bond acceptors (Lipinski definition) is 3. The number of benzene rings is 1. The lowest BCUT2D eigenvalue weighted by Crippen LogP contribution is -2.28. The third-order valence-electron chi connectivity index (χ3n) is 2.72. The van der Waals surface area contributed by atoms with Crippen molar-refractivity contribution in [3.05, 3.63) is 35.4 Å². The lowest BCUT2D eigenvalue weighted by atomic mass is 10.1. The molecule has 0 saturated heterocycles. The quantitative estimate of drug-likeness (QED) is 0.235. The predicted molar refractivity (Wildman–Crippen MR) is 73.3 cm³/mol. The van der Waals surface area contributed by atoms with Crippen LogP contribution in [0.4, 0.5) is 0 Å². The molecule has 1 aromatic rings. The summed E-state index contributed by atoms with van der Waals surface area (Å²) in [6, 6.07) is 7.56. The molecular weight excluding hydrogens is 226 g/mol. The first kappa shape index (κ1) is 14.1. The molecule has 0 amide bonds. The maximum Gasteiger partial charge on any atom is 0.170 e. The van der Waals surface area contributed by atoms with E-state index in [1.54, 1.807) is 0 Å². The Morgan fingerprint density at radius 3 is 2.89 bits per heavy atom. The van der Waals surface area contributed by atoms with Crippen LogP contribution in [0.15, 0.2) is 29.4 Å². The summed E-state index contributed by atoms with van der Waals surface area (Å²) in [4.78, 5) is 0. The van der Waals surface area contributed by atoms with Gasteiger partial charge in [0.2, 0.25) is 0 Å². The van der Waals surface area contributed by atoms with Crippen LogP contribution in [0.5, 0.6) is 0 Å². The minimum atomic E-state index is 0.0512. The van der Waals surface area contributed by atoms with E-state index in [1.165, 1.54) is 0 Å². The molecule has 96 valence electrons. The monoisotopic (exact) mass is 245 g/mol. The Morgan fingerprint density at radius 1 is 1.56 bits per heavy atom. The molecule has 1 unspecified atom stereocenters. The van der Waals surface area contributed by atoms with Crippen molar-refractivity contribution in [3.63, 3.8) is 0 Å². The zero-order valence-electron chi connectivity index (χ0n) is 10.6. The summed E-state index contributed by atoms with van der Waals surface area (Å²) >= 11 is 0. The van der Waals surface area contributed by atoms with Crippen LogP contribution in [0.2, 0.25) is 0 Å². The van der Waals surface area contributed by atoms with Crippen LogP contribution < -0.4 is 11.1 Å². The van der Waals surface area contributed by atoms with Crippen LogP contribution in [0.3, 0.4) is 0 Å². The van der Waals surface area contributed by atoms with Gasteiger partial charge in [0.25, 0.3) is 0 Å². The normalized spacial score (nSPS) is 13.0. The number of hydrogen-bond donors (Lipinski definition) is 3. The maximum atomic E-state index is 8.73. The molecule has 1 aromatic carbocycles. The molecule has 0 spiro atoms. The highest BCUT2D eigenvalue weighted by Gasteiger charge is 2.08. The number of oxime groups is 1. The molecule has 0 fully saturated rings. The minimum absolute atomic E-state index is 0.0512. The highest BCUT2D eigenvalue weighted by atomic mass is 16.4. The lowest BCUT2D eigenvalue weighted by molar-refractivity contribution is 0.318. The SMILES string of the molecule is C#CC(CCC)NCc1ccccc1/C(N)=N/O. The molecule has 0 aromatic heterocycles. The zero-order valence-corrected chi connectivity index (χ0v) is 10.6. The molecule has 4 heteroatoms. The first-order valence-electron chi connectivity index (χ1n) is 5.98. The first-order chi connectivity index (χ1) is 8.72. The van der Waals surface area contributed by atoms with Gasteiger partial charge >= 0.3 is 0 Å². The standard InChI is InChI=1S/C14H19N3O/c1-3-7-12(4-2)16-10-11-8-5-6-9-13(11)14(15)17-18/h2,5-6,8-9,12,16,18H,3,7,10H2,1H3,(H2,15,17). The van der Waals surface area contributed by atoms with Crippen molar-refractivity contribution in [2.75, 3.05) is 0 Å². The summed E-state index contributed by atoms with van der Waals surface area (Å²) < 4.78 is 0. The van der Waals surface area contributed by atoms with Gasteiger partial charge in [0, 0.05) is 12.1 Å². The van der Waals surface area contributed by atoms with Crippen molar-refractivity contribution >= 4 is 5.84 Å². The number of rotatable bonds is 6. The average molecular weight is 245 g/mol. The molecule has 1 rings (SSSR count). The van der Waals surface area contributed by atoms with Crippen molar-refractivity contribution in [1.29, 1.82) is 0 Å². The lowest BCUT2D eigenvalue weighted by Gasteiger charge is -2.14. The first-order valence-corrected chi connectivity index (χ1v) is 5.98. The molecule has 18 heavy (non-hydrogen) atoms. The van der Waals surface area contributed by atoms with E-state index in [-0.39, 0.29) is 11.9 Å². The van der Waals surface area contributed by atoms with Crippen molar-refractivity contribution in [2.45, 2.75) is 32.4 Å². The second-order valence-corrected chi connectivity index (χ2v) is 4.03. The van der Waals surface area contributed by atoms with E-state index < -0.39 is 0 Å². The number of nitrogens with one attached hydrogen (secondary N) is 1. The van der Waals surface area contributed by atoms with Gasteiger partial charge in [-0.1, -0.05) is 48.7 Å². The van der Waals surface area contributed by atoms with Gasteiger partial charge in [-0.15, -0.1) is 6.42 Å². The summed E-state index contributed by atoms with van der Waals surface area (Å²) in [5.41, 5.74) is 7.31. The van der Waals surface area contributed by atoms with E-state index in [0.717, 1.165) is 24.0 Å². The predicted octanol–water partition coefficient (Wildman–Crippen LogP) is 1.67. The molecule has 0 aliphatic rings. The second-order valence-electron chi connectivity index (χ2n) is 4.03. The zero-order chi connectivity index (χ0) is 13.4. The Morgan fingerprint density at radius 2 is 2.28 bits per heavy atom. The molecule has 0 bridgehead atoms. The minimum Gasteiger partial charge on any atom is -0.409 e. The van der Waals surface area contributed by atoms with Gasteiger partial charge in [0.15, 0.2) is 5.84 Å². The van der Waals surface area contributed by atoms with Gasteiger partial charge in [-0.2, -0.15) is 0 Å². The topological polar surface area (TPSA) is 70.6 Å². The third-order valence-corrected chi connectivity index (χ3v) is 2.72. The van der Waals surface area contributed by atoms with E-state index in [2.05, 4.69) is 23.3 Å². The fourth-order valence-electron chi connectivity index (χ4n) is 1.74. The Balaban J connectivity index is 2.76. The van der Waals surface area contributed by atoms with Crippen LogP contribution in [-0.2, 0) is 6.54 Å². The number of nitrogens with zero attached hydrogens (tertiary/aromatic N) is 1.